The number of nitrogens with one attached hydrogen (secondary N) is 2. The number of rotatable bonds is 5. The first-order valence-electron chi connectivity index (χ1n) is 13.5. The molecule has 1 unspecified atom stereocenters. The Hall–Kier alpha value is -3.14. The summed E-state index contributed by atoms with van der Waals surface area (Å²) < 4.78 is 26.6. The van der Waals surface area contributed by atoms with Crippen LogP contribution in [0.25, 0.3) is 0 Å². The molecule has 2 fully saturated rings. The van der Waals surface area contributed by atoms with E-state index in [1.165, 1.54) is 6.20 Å². The molecule has 9 nitrogen and oxygen atoms in total. The lowest BCUT2D eigenvalue weighted by molar-refractivity contribution is -0.142. The SMILES string of the molecule is CN1C(C)(C)CC(Nc2nc(Nc3ccc4c(c3)OCC(C(=O)N3CCCCC3)O4)ncc2F)CC1(C)C. The van der Waals surface area contributed by atoms with E-state index in [0.717, 1.165) is 45.2 Å². The monoisotopic (exact) mass is 526 g/mol. The van der Waals surface area contributed by atoms with Gasteiger partial charge >= 0.3 is 0 Å². The summed E-state index contributed by atoms with van der Waals surface area (Å²) in [4.78, 5) is 25.6. The van der Waals surface area contributed by atoms with Gasteiger partial charge in [-0.25, -0.2) is 9.37 Å². The van der Waals surface area contributed by atoms with Gasteiger partial charge in [0, 0.05) is 42.0 Å². The molecule has 2 N–H and O–H groups in total. The fraction of sp³-hybridized carbons (Fsp3) is 0.607. The maximum Gasteiger partial charge on any atom is 0.267 e. The molecule has 2 aromatic rings. The lowest BCUT2D eigenvalue weighted by atomic mass is 9.77. The molecule has 0 saturated carbocycles. The molecule has 10 heteroatoms. The van der Waals surface area contributed by atoms with Crippen LogP contribution < -0.4 is 20.1 Å². The summed E-state index contributed by atoms with van der Waals surface area (Å²) in [6.45, 7) is 10.5. The van der Waals surface area contributed by atoms with Crippen molar-refractivity contribution in [2.75, 3.05) is 37.4 Å². The van der Waals surface area contributed by atoms with Crippen LogP contribution in [0.2, 0.25) is 0 Å². The van der Waals surface area contributed by atoms with Gasteiger partial charge < -0.3 is 25.0 Å². The molecule has 1 amide bonds. The van der Waals surface area contributed by atoms with E-state index in [1.54, 1.807) is 18.2 Å². The molecule has 0 radical (unpaired) electrons. The molecule has 206 valence electrons. The molecule has 1 atom stereocenters. The van der Waals surface area contributed by atoms with Crippen molar-refractivity contribution in [3.05, 3.63) is 30.2 Å². The zero-order chi connectivity index (χ0) is 27.1. The van der Waals surface area contributed by atoms with Crippen LogP contribution in [0, 0.1) is 5.82 Å². The molecule has 5 rings (SSSR count). The third-order valence-corrected chi connectivity index (χ3v) is 8.20. The molecule has 1 aromatic carbocycles. The van der Waals surface area contributed by atoms with E-state index in [0.29, 0.717) is 17.2 Å². The van der Waals surface area contributed by atoms with Crippen molar-refractivity contribution < 1.29 is 18.7 Å². The molecule has 4 heterocycles. The van der Waals surface area contributed by atoms with Gasteiger partial charge in [0.2, 0.25) is 12.1 Å². The number of aromatic nitrogens is 2. The third-order valence-electron chi connectivity index (χ3n) is 8.20. The number of carbonyl (C=O) groups excluding carboxylic acids is 1. The Labute approximate surface area is 224 Å². The van der Waals surface area contributed by atoms with Crippen molar-refractivity contribution in [1.82, 2.24) is 19.8 Å². The van der Waals surface area contributed by atoms with Gasteiger partial charge in [0.1, 0.15) is 6.61 Å². The first-order valence-corrected chi connectivity index (χ1v) is 13.5. The van der Waals surface area contributed by atoms with E-state index in [1.807, 2.05) is 4.90 Å². The smallest absolute Gasteiger partial charge is 0.267 e. The van der Waals surface area contributed by atoms with Gasteiger partial charge in [-0.05, 0) is 79.0 Å². The van der Waals surface area contributed by atoms with Gasteiger partial charge in [-0.15, -0.1) is 0 Å². The number of nitrogens with zero attached hydrogens (tertiary/aromatic N) is 4. The molecule has 0 bridgehead atoms. The number of amides is 1. The van der Waals surface area contributed by atoms with Gasteiger partial charge in [0.05, 0.1) is 6.20 Å². The van der Waals surface area contributed by atoms with Crippen LogP contribution in [0.3, 0.4) is 0 Å². The Balaban J connectivity index is 1.25. The van der Waals surface area contributed by atoms with Crippen LogP contribution in [0.15, 0.2) is 24.4 Å². The van der Waals surface area contributed by atoms with Gasteiger partial charge in [0.15, 0.2) is 23.1 Å². The first kappa shape index (κ1) is 26.5. The Kier molecular flexibility index (Phi) is 7.11. The summed E-state index contributed by atoms with van der Waals surface area (Å²) in [7, 11) is 2.14. The van der Waals surface area contributed by atoms with Crippen molar-refractivity contribution in [3.63, 3.8) is 0 Å². The number of benzene rings is 1. The molecular weight excluding hydrogens is 487 g/mol. The number of hydrogen-bond donors (Lipinski definition) is 2. The zero-order valence-corrected chi connectivity index (χ0v) is 23.0. The quantitative estimate of drug-likeness (QED) is 0.585. The van der Waals surface area contributed by atoms with Crippen molar-refractivity contribution in [3.8, 4) is 11.5 Å². The molecular formula is C28H39FN6O3. The predicted octanol–water partition coefficient (Wildman–Crippen LogP) is 4.57. The van der Waals surface area contributed by atoms with E-state index in [4.69, 9.17) is 9.47 Å². The summed E-state index contributed by atoms with van der Waals surface area (Å²) in [6, 6.07) is 5.42. The van der Waals surface area contributed by atoms with Crippen molar-refractivity contribution in [2.45, 2.75) is 83.0 Å². The van der Waals surface area contributed by atoms with Crippen LogP contribution in [-0.4, -0.2) is 75.6 Å². The van der Waals surface area contributed by atoms with Gasteiger partial charge in [-0.2, -0.15) is 4.98 Å². The number of hydrogen-bond acceptors (Lipinski definition) is 8. The maximum atomic E-state index is 14.7. The third kappa shape index (κ3) is 5.50. The second-order valence-electron chi connectivity index (χ2n) is 11.9. The minimum atomic E-state index is -0.636. The van der Waals surface area contributed by atoms with Crippen LogP contribution >= 0.6 is 0 Å². The molecule has 2 saturated heterocycles. The lowest BCUT2D eigenvalue weighted by Crippen LogP contribution is -2.61. The van der Waals surface area contributed by atoms with Gasteiger partial charge in [-0.1, -0.05) is 0 Å². The number of ether oxygens (including phenoxy) is 2. The summed E-state index contributed by atoms with van der Waals surface area (Å²) in [5, 5.41) is 6.46. The number of halogens is 1. The average Bonchev–Trinajstić information content (AvgIpc) is 2.88. The zero-order valence-electron chi connectivity index (χ0n) is 23.0. The summed E-state index contributed by atoms with van der Waals surface area (Å²) in [5.41, 5.74) is 0.603. The van der Waals surface area contributed by atoms with E-state index in [9.17, 15) is 9.18 Å². The highest BCUT2D eigenvalue weighted by Gasteiger charge is 2.43. The van der Waals surface area contributed by atoms with Gasteiger partial charge in [0.25, 0.3) is 5.91 Å². The minimum absolute atomic E-state index is 0.0197. The largest absolute Gasteiger partial charge is 0.485 e. The Morgan fingerprint density at radius 3 is 2.50 bits per heavy atom. The van der Waals surface area contributed by atoms with E-state index >= 15 is 0 Å². The fourth-order valence-electron chi connectivity index (χ4n) is 5.91. The first-order chi connectivity index (χ1) is 18.0. The van der Waals surface area contributed by atoms with Crippen LogP contribution in [-0.2, 0) is 4.79 Å². The highest BCUT2D eigenvalue weighted by Crippen LogP contribution is 2.38. The van der Waals surface area contributed by atoms with E-state index in [2.05, 4.69) is 60.2 Å². The fourth-order valence-corrected chi connectivity index (χ4v) is 5.91. The van der Waals surface area contributed by atoms with E-state index in [-0.39, 0.29) is 41.4 Å². The Morgan fingerprint density at radius 2 is 1.79 bits per heavy atom. The Morgan fingerprint density at radius 1 is 1.08 bits per heavy atom. The summed E-state index contributed by atoms with van der Waals surface area (Å²) in [5.74, 6) is 1.00. The average molecular weight is 527 g/mol. The lowest BCUT2D eigenvalue weighted by Gasteiger charge is -2.53. The van der Waals surface area contributed by atoms with E-state index < -0.39 is 11.9 Å². The molecule has 0 spiro atoms. The maximum absolute atomic E-state index is 14.7. The van der Waals surface area contributed by atoms with Crippen LogP contribution in [0.1, 0.15) is 59.8 Å². The summed E-state index contributed by atoms with van der Waals surface area (Å²) in [6.07, 6.45) is 5.49. The molecule has 1 aromatic heterocycles. The number of anilines is 3. The normalized spacial score (nSPS) is 23.1. The topological polar surface area (TPSA) is 91.9 Å². The molecule has 3 aliphatic rings. The number of piperidine rings is 2. The summed E-state index contributed by atoms with van der Waals surface area (Å²) >= 11 is 0. The van der Waals surface area contributed by atoms with Crippen LogP contribution in [0.4, 0.5) is 21.8 Å². The minimum Gasteiger partial charge on any atom is -0.485 e. The second-order valence-corrected chi connectivity index (χ2v) is 11.9. The van der Waals surface area contributed by atoms with Crippen molar-refractivity contribution in [2.24, 2.45) is 0 Å². The number of likely N-dealkylation sites (tertiary alicyclic amines) is 2. The highest BCUT2D eigenvalue weighted by atomic mass is 19.1. The second kappa shape index (κ2) is 10.2. The molecule has 38 heavy (non-hydrogen) atoms. The standard InChI is InChI=1S/C28H39FN6O3/c1-27(2)14-19(15-28(3,4)34(27)5)31-24-20(29)16-30-26(33-24)32-18-9-10-21-22(13-18)37-17-23(38-21)25(36)35-11-7-6-8-12-35/h9-10,13,16,19,23H,6-8,11-12,14-15,17H2,1-5H3,(H2,30,31,32,33). The predicted molar refractivity (Wildman–Crippen MR) is 145 cm³/mol. The molecule has 3 aliphatic heterocycles. The highest BCUT2D eigenvalue weighted by molar-refractivity contribution is 5.82. The molecule has 0 aliphatic carbocycles. The van der Waals surface area contributed by atoms with Crippen molar-refractivity contribution >= 4 is 23.4 Å². The number of carbonyl (C=O) groups is 1. The Bertz CT molecular complexity index is 1170. The van der Waals surface area contributed by atoms with Crippen molar-refractivity contribution in [1.29, 1.82) is 0 Å². The van der Waals surface area contributed by atoms with Crippen LogP contribution in [0.5, 0.6) is 11.5 Å². The number of fused-ring (bicyclic) bond motifs is 1. The van der Waals surface area contributed by atoms with Gasteiger partial charge in [-0.3, -0.25) is 9.69 Å².